The van der Waals surface area contributed by atoms with Gasteiger partial charge in [-0.25, -0.2) is 0 Å². The van der Waals surface area contributed by atoms with Gasteiger partial charge in [-0.05, 0) is 59.4 Å². The van der Waals surface area contributed by atoms with Crippen LogP contribution in [0.5, 0.6) is 0 Å². The van der Waals surface area contributed by atoms with Crippen molar-refractivity contribution in [1.29, 1.82) is 0 Å². The third-order valence-electron chi connectivity index (χ3n) is 3.43. The minimum Gasteiger partial charge on any atom is -0.0988 e. The molecule has 0 unspecified atom stereocenters. The van der Waals surface area contributed by atoms with Crippen LogP contribution in [0.1, 0.15) is 31.4 Å². The average Bonchev–Trinajstić information content (AvgIpc) is 2.30. The van der Waals surface area contributed by atoms with Gasteiger partial charge >= 0.3 is 0 Å². The predicted octanol–water partition coefficient (Wildman–Crippen LogP) is 2.80. The Bertz CT molecular complexity index is 571. The molecule has 0 saturated carbocycles. The molecule has 0 heterocycles. The molecule has 0 bridgehead atoms. The van der Waals surface area contributed by atoms with Crippen molar-refractivity contribution in [3.05, 3.63) is 52.4 Å². The predicted molar refractivity (Wildman–Crippen MR) is 72.5 cm³/mol. The monoisotopic (exact) mass is 210 g/mol. The van der Waals surface area contributed by atoms with Gasteiger partial charge in [-0.15, -0.1) is 0 Å². The molecule has 0 aliphatic heterocycles. The lowest BCUT2D eigenvalue weighted by atomic mass is 9.89. The summed E-state index contributed by atoms with van der Waals surface area (Å²) in [5.74, 6) is 0. The molecule has 0 nitrogen and oxygen atoms in total. The number of rotatable bonds is 1. The van der Waals surface area contributed by atoms with Crippen molar-refractivity contribution in [1.82, 2.24) is 0 Å². The van der Waals surface area contributed by atoms with E-state index in [0.29, 0.717) is 0 Å². The molecular formula is C16H18. The Kier molecular flexibility index (Phi) is 2.82. The fourth-order valence-electron chi connectivity index (χ4n) is 2.37. The first-order valence-corrected chi connectivity index (χ1v) is 5.76. The molecule has 1 aliphatic rings. The molecule has 16 heavy (non-hydrogen) atoms. The topological polar surface area (TPSA) is 0 Å². The van der Waals surface area contributed by atoms with Crippen LogP contribution in [0.3, 0.4) is 0 Å². The fraction of sp³-hybridized carbons (Fsp3) is 0.250. The van der Waals surface area contributed by atoms with E-state index in [2.05, 4.69) is 45.2 Å². The molecule has 0 N–H and O–H groups in total. The molecular weight excluding hydrogens is 192 g/mol. The molecule has 1 aromatic rings. The van der Waals surface area contributed by atoms with E-state index < -0.39 is 0 Å². The number of fused-ring (bicyclic) bond motifs is 1. The average molecular weight is 210 g/mol. The van der Waals surface area contributed by atoms with Gasteiger partial charge < -0.3 is 0 Å². The van der Waals surface area contributed by atoms with E-state index in [-0.39, 0.29) is 0 Å². The maximum atomic E-state index is 4.24. The van der Waals surface area contributed by atoms with Crippen molar-refractivity contribution in [2.24, 2.45) is 0 Å². The Morgan fingerprint density at radius 1 is 1.38 bits per heavy atom. The zero-order chi connectivity index (χ0) is 11.7. The van der Waals surface area contributed by atoms with Gasteiger partial charge in [0, 0.05) is 0 Å². The largest absolute Gasteiger partial charge is 0.0988 e. The molecule has 1 aromatic carbocycles. The molecule has 2 rings (SSSR count). The Balaban J connectivity index is 2.81. The second kappa shape index (κ2) is 4.13. The fourth-order valence-corrected chi connectivity index (χ4v) is 2.37. The summed E-state index contributed by atoms with van der Waals surface area (Å²) in [5, 5.41) is 2.42. The van der Waals surface area contributed by atoms with Crippen LogP contribution in [-0.4, -0.2) is 0 Å². The van der Waals surface area contributed by atoms with Gasteiger partial charge in [0.2, 0.25) is 0 Å². The summed E-state index contributed by atoms with van der Waals surface area (Å²) in [6, 6.07) is 4.39. The highest BCUT2D eigenvalue weighted by Crippen LogP contribution is 2.22. The van der Waals surface area contributed by atoms with Gasteiger partial charge in [0.05, 0.1) is 0 Å². The van der Waals surface area contributed by atoms with Gasteiger partial charge in [-0.2, -0.15) is 0 Å². The van der Waals surface area contributed by atoms with Crippen LogP contribution in [-0.2, 0) is 6.42 Å². The second-order valence-corrected chi connectivity index (χ2v) is 4.43. The maximum absolute atomic E-state index is 4.24. The summed E-state index contributed by atoms with van der Waals surface area (Å²) in [5.41, 5.74) is 5.38. The van der Waals surface area contributed by atoms with Crippen LogP contribution in [0.25, 0.3) is 17.7 Å². The minimum absolute atomic E-state index is 1.11. The summed E-state index contributed by atoms with van der Waals surface area (Å²) >= 11 is 0. The van der Waals surface area contributed by atoms with E-state index in [1.54, 1.807) is 0 Å². The molecule has 0 spiro atoms. The molecule has 0 saturated heterocycles. The molecule has 0 aromatic heterocycles. The van der Waals surface area contributed by atoms with E-state index in [4.69, 9.17) is 0 Å². The Hall–Kier alpha value is -1.56. The van der Waals surface area contributed by atoms with Gasteiger partial charge in [0.25, 0.3) is 0 Å². The van der Waals surface area contributed by atoms with E-state index in [1.807, 2.05) is 6.08 Å². The SMILES string of the molecule is C=C/C(C)=c1/ccc2c(c1=C)CCC=C2C. The highest BCUT2D eigenvalue weighted by Gasteiger charge is 2.10. The van der Waals surface area contributed by atoms with Crippen molar-refractivity contribution in [3.63, 3.8) is 0 Å². The lowest BCUT2D eigenvalue weighted by Gasteiger charge is -2.16. The molecule has 0 fully saturated rings. The first-order valence-electron chi connectivity index (χ1n) is 5.76. The van der Waals surface area contributed by atoms with Crippen LogP contribution >= 0.6 is 0 Å². The first kappa shape index (κ1) is 10.9. The highest BCUT2D eigenvalue weighted by molar-refractivity contribution is 5.69. The van der Waals surface area contributed by atoms with Gasteiger partial charge in [-0.1, -0.05) is 37.4 Å². The van der Waals surface area contributed by atoms with Crippen molar-refractivity contribution < 1.29 is 0 Å². The molecule has 82 valence electrons. The molecule has 0 heteroatoms. The molecule has 0 amide bonds. The Morgan fingerprint density at radius 2 is 2.12 bits per heavy atom. The van der Waals surface area contributed by atoms with Crippen molar-refractivity contribution in [3.8, 4) is 0 Å². The molecule has 0 radical (unpaired) electrons. The van der Waals surface area contributed by atoms with Crippen LogP contribution in [0.2, 0.25) is 0 Å². The lowest BCUT2D eigenvalue weighted by Crippen LogP contribution is -2.30. The van der Waals surface area contributed by atoms with Crippen molar-refractivity contribution in [2.75, 3.05) is 0 Å². The zero-order valence-corrected chi connectivity index (χ0v) is 10.1. The smallest absolute Gasteiger partial charge is 0.0158 e. The van der Waals surface area contributed by atoms with Gasteiger partial charge in [0.15, 0.2) is 0 Å². The quantitative estimate of drug-likeness (QED) is 0.668. The zero-order valence-electron chi connectivity index (χ0n) is 10.1. The van der Waals surface area contributed by atoms with E-state index >= 15 is 0 Å². The standard InChI is InChI=1S/C16H18/c1-5-11(2)14-9-10-15-12(3)7-6-8-16(15)13(14)4/h5,7,9-10H,1,4,6,8H2,2-3H3/b14-11-. The summed E-state index contributed by atoms with van der Waals surface area (Å²) in [6.07, 6.45) is 6.47. The third kappa shape index (κ3) is 1.65. The normalized spacial score (nSPS) is 16.2. The van der Waals surface area contributed by atoms with Crippen LogP contribution in [0.4, 0.5) is 0 Å². The summed E-state index contributed by atoms with van der Waals surface area (Å²) < 4.78 is 0. The van der Waals surface area contributed by atoms with Crippen LogP contribution in [0, 0.1) is 0 Å². The van der Waals surface area contributed by atoms with Crippen molar-refractivity contribution in [2.45, 2.75) is 26.7 Å². The van der Waals surface area contributed by atoms with Crippen molar-refractivity contribution >= 4 is 17.7 Å². The van der Waals surface area contributed by atoms with Crippen LogP contribution in [0.15, 0.2) is 30.9 Å². The Labute approximate surface area is 97.3 Å². The number of hydrogen-bond donors (Lipinski definition) is 0. The third-order valence-corrected chi connectivity index (χ3v) is 3.43. The van der Waals surface area contributed by atoms with Gasteiger partial charge in [0.1, 0.15) is 0 Å². The second-order valence-electron chi connectivity index (χ2n) is 4.43. The van der Waals surface area contributed by atoms with E-state index in [9.17, 15) is 0 Å². The first-order chi connectivity index (χ1) is 7.65. The van der Waals surface area contributed by atoms with E-state index in [1.165, 1.54) is 32.7 Å². The highest BCUT2D eigenvalue weighted by atomic mass is 14.1. The van der Waals surface area contributed by atoms with E-state index in [0.717, 1.165) is 12.8 Å². The lowest BCUT2D eigenvalue weighted by molar-refractivity contribution is 0.962. The minimum atomic E-state index is 1.11. The summed E-state index contributed by atoms with van der Waals surface area (Å²) in [4.78, 5) is 0. The van der Waals surface area contributed by atoms with Crippen LogP contribution < -0.4 is 10.4 Å². The summed E-state index contributed by atoms with van der Waals surface area (Å²) in [6.45, 7) is 12.3. The number of benzene rings is 1. The molecule has 1 aliphatic carbocycles. The Morgan fingerprint density at radius 3 is 2.81 bits per heavy atom. The molecule has 0 atom stereocenters. The maximum Gasteiger partial charge on any atom is -0.0158 e. The number of hydrogen-bond acceptors (Lipinski definition) is 0. The number of allylic oxidation sites excluding steroid dienone is 3. The summed E-state index contributed by atoms with van der Waals surface area (Å²) in [7, 11) is 0. The van der Waals surface area contributed by atoms with Gasteiger partial charge in [-0.3, -0.25) is 0 Å².